The summed E-state index contributed by atoms with van der Waals surface area (Å²) in [5.41, 5.74) is 5.91. The van der Waals surface area contributed by atoms with Gasteiger partial charge in [-0.3, -0.25) is 4.68 Å². The number of hydrogen-bond acceptors (Lipinski definition) is 2. The number of anilines is 1. The normalized spacial score (nSPS) is 10.3. The molecular formula is C15H21N3. The van der Waals surface area contributed by atoms with E-state index < -0.39 is 0 Å². The highest BCUT2D eigenvalue weighted by molar-refractivity contribution is 5.47. The van der Waals surface area contributed by atoms with Gasteiger partial charge in [-0.05, 0) is 43.7 Å². The van der Waals surface area contributed by atoms with Crippen molar-refractivity contribution in [3.05, 3.63) is 54.4 Å². The van der Waals surface area contributed by atoms with Crippen molar-refractivity contribution in [2.24, 2.45) is 0 Å². The van der Waals surface area contributed by atoms with Gasteiger partial charge in [0.1, 0.15) is 0 Å². The van der Waals surface area contributed by atoms with Crippen LogP contribution in [0.1, 0.15) is 19.4 Å². The molecule has 0 spiro atoms. The van der Waals surface area contributed by atoms with Crippen molar-refractivity contribution in [3.8, 4) is 0 Å². The van der Waals surface area contributed by atoms with Crippen LogP contribution < -0.4 is 10.3 Å². The molecule has 0 radical (unpaired) electrons. The van der Waals surface area contributed by atoms with E-state index in [9.17, 15) is 0 Å². The third-order valence-electron chi connectivity index (χ3n) is 3.14. The summed E-state index contributed by atoms with van der Waals surface area (Å²) < 4.78 is 1.97. The van der Waals surface area contributed by atoms with Gasteiger partial charge in [-0.15, -0.1) is 0 Å². The Morgan fingerprint density at radius 1 is 1.00 bits per heavy atom. The first kappa shape index (κ1) is 12.6. The quantitative estimate of drug-likeness (QED) is 0.841. The van der Waals surface area contributed by atoms with Crippen molar-refractivity contribution in [1.82, 2.24) is 4.68 Å². The van der Waals surface area contributed by atoms with Gasteiger partial charge < -0.3 is 10.3 Å². The van der Waals surface area contributed by atoms with Crippen LogP contribution in [0.3, 0.4) is 0 Å². The maximum absolute atomic E-state index is 3.32. The first-order valence-corrected chi connectivity index (χ1v) is 6.54. The van der Waals surface area contributed by atoms with Gasteiger partial charge in [0.25, 0.3) is 0 Å². The lowest BCUT2D eigenvalue weighted by molar-refractivity contribution is 0.844. The van der Waals surface area contributed by atoms with Gasteiger partial charge in [-0.2, -0.15) is 0 Å². The van der Waals surface area contributed by atoms with E-state index in [0.29, 0.717) is 0 Å². The summed E-state index contributed by atoms with van der Waals surface area (Å²) in [5, 5.41) is 0. The molecule has 0 bridgehead atoms. The van der Waals surface area contributed by atoms with Gasteiger partial charge in [0.05, 0.1) is 6.54 Å². The van der Waals surface area contributed by atoms with E-state index in [1.165, 1.54) is 11.3 Å². The fourth-order valence-electron chi connectivity index (χ4n) is 2.04. The number of aromatic nitrogens is 1. The zero-order valence-corrected chi connectivity index (χ0v) is 11.1. The van der Waals surface area contributed by atoms with Crippen molar-refractivity contribution in [2.45, 2.75) is 20.4 Å². The molecule has 0 unspecified atom stereocenters. The number of nitrogens with one attached hydrogen (secondary N) is 1. The lowest BCUT2D eigenvalue weighted by atomic mass is 10.2. The van der Waals surface area contributed by atoms with Crippen molar-refractivity contribution >= 4 is 5.69 Å². The van der Waals surface area contributed by atoms with Crippen molar-refractivity contribution < 1.29 is 0 Å². The van der Waals surface area contributed by atoms with Gasteiger partial charge in [0.2, 0.25) is 0 Å². The third kappa shape index (κ3) is 3.06. The first-order chi connectivity index (χ1) is 8.83. The van der Waals surface area contributed by atoms with E-state index in [4.69, 9.17) is 0 Å². The molecule has 0 amide bonds. The van der Waals surface area contributed by atoms with Gasteiger partial charge in [0, 0.05) is 31.2 Å². The molecule has 1 heterocycles. The molecule has 2 aromatic rings. The number of nitrogens with zero attached hydrogens (tertiary/aromatic N) is 2. The standard InChI is InChI=1S/C15H21N3/c1-3-17(4-2)15-9-7-14(8-10-15)13-16-18-11-5-6-12-18/h5-12,16H,3-4,13H2,1-2H3. The summed E-state index contributed by atoms with van der Waals surface area (Å²) in [6, 6.07) is 12.8. The number of rotatable bonds is 6. The number of hydrogen-bond donors (Lipinski definition) is 1. The Kier molecular flexibility index (Phi) is 4.29. The molecule has 0 atom stereocenters. The molecule has 0 aliphatic rings. The second kappa shape index (κ2) is 6.15. The lowest BCUT2D eigenvalue weighted by Crippen LogP contribution is -2.21. The third-order valence-corrected chi connectivity index (χ3v) is 3.14. The van der Waals surface area contributed by atoms with E-state index in [1.54, 1.807) is 0 Å². The Morgan fingerprint density at radius 2 is 1.61 bits per heavy atom. The zero-order chi connectivity index (χ0) is 12.8. The van der Waals surface area contributed by atoms with E-state index in [-0.39, 0.29) is 0 Å². The maximum Gasteiger partial charge on any atom is 0.0564 e. The largest absolute Gasteiger partial charge is 0.372 e. The second-order valence-corrected chi connectivity index (χ2v) is 4.26. The van der Waals surface area contributed by atoms with Crippen LogP contribution in [0.25, 0.3) is 0 Å². The van der Waals surface area contributed by atoms with Gasteiger partial charge in [-0.25, -0.2) is 0 Å². The monoisotopic (exact) mass is 243 g/mol. The van der Waals surface area contributed by atoms with Crippen LogP contribution in [0.2, 0.25) is 0 Å². The second-order valence-electron chi connectivity index (χ2n) is 4.26. The summed E-state index contributed by atoms with van der Waals surface area (Å²) in [7, 11) is 0. The molecule has 2 rings (SSSR count). The molecule has 96 valence electrons. The van der Waals surface area contributed by atoms with E-state index in [2.05, 4.69) is 48.4 Å². The molecule has 1 N–H and O–H groups in total. The Labute approximate surface area is 109 Å². The smallest absolute Gasteiger partial charge is 0.0564 e. The van der Waals surface area contributed by atoms with Crippen molar-refractivity contribution in [1.29, 1.82) is 0 Å². The summed E-state index contributed by atoms with van der Waals surface area (Å²) >= 11 is 0. The van der Waals surface area contributed by atoms with Crippen LogP contribution in [0.4, 0.5) is 5.69 Å². The van der Waals surface area contributed by atoms with E-state index >= 15 is 0 Å². The number of benzene rings is 1. The summed E-state index contributed by atoms with van der Waals surface area (Å²) in [6.45, 7) is 7.32. The van der Waals surface area contributed by atoms with Crippen LogP contribution in [0.5, 0.6) is 0 Å². The van der Waals surface area contributed by atoms with Crippen LogP contribution in [0, 0.1) is 0 Å². The summed E-state index contributed by atoms with van der Waals surface area (Å²) in [4.78, 5) is 2.35. The predicted octanol–water partition coefficient (Wildman–Crippen LogP) is 3.08. The average Bonchev–Trinajstić information content (AvgIpc) is 2.92. The summed E-state index contributed by atoms with van der Waals surface area (Å²) in [5.74, 6) is 0. The molecule has 0 aliphatic heterocycles. The predicted molar refractivity (Wildman–Crippen MR) is 77.5 cm³/mol. The van der Waals surface area contributed by atoms with Crippen LogP contribution in [-0.4, -0.2) is 17.8 Å². The Morgan fingerprint density at radius 3 is 2.17 bits per heavy atom. The lowest BCUT2D eigenvalue weighted by Gasteiger charge is -2.21. The van der Waals surface area contributed by atoms with Gasteiger partial charge in [0.15, 0.2) is 0 Å². The Bertz CT molecular complexity index is 441. The summed E-state index contributed by atoms with van der Waals surface area (Å²) in [6.07, 6.45) is 4.01. The SMILES string of the molecule is CCN(CC)c1ccc(CNn2cccc2)cc1. The molecule has 0 fully saturated rings. The highest BCUT2D eigenvalue weighted by atomic mass is 15.4. The highest BCUT2D eigenvalue weighted by Gasteiger charge is 2.01. The molecule has 0 saturated carbocycles. The highest BCUT2D eigenvalue weighted by Crippen LogP contribution is 2.14. The average molecular weight is 243 g/mol. The minimum absolute atomic E-state index is 0.840. The minimum Gasteiger partial charge on any atom is -0.372 e. The van der Waals surface area contributed by atoms with Crippen molar-refractivity contribution in [2.75, 3.05) is 23.4 Å². The van der Waals surface area contributed by atoms with Crippen LogP contribution in [-0.2, 0) is 6.54 Å². The fourth-order valence-corrected chi connectivity index (χ4v) is 2.04. The van der Waals surface area contributed by atoms with Gasteiger partial charge in [-0.1, -0.05) is 12.1 Å². The molecule has 18 heavy (non-hydrogen) atoms. The maximum atomic E-state index is 3.32. The van der Waals surface area contributed by atoms with Crippen LogP contribution >= 0.6 is 0 Å². The molecule has 3 heteroatoms. The van der Waals surface area contributed by atoms with Gasteiger partial charge >= 0.3 is 0 Å². The molecule has 3 nitrogen and oxygen atoms in total. The first-order valence-electron chi connectivity index (χ1n) is 6.54. The topological polar surface area (TPSA) is 20.2 Å². The minimum atomic E-state index is 0.840. The van der Waals surface area contributed by atoms with E-state index in [1.807, 2.05) is 29.2 Å². The molecular weight excluding hydrogens is 222 g/mol. The zero-order valence-electron chi connectivity index (χ0n) is 11.1. The van der Waals surface area contributed by atoms with E-state index in [0.717, 1.165) is 19.6 Å². The Hall–Kier alpha value is -1.90. The fraction of sp³-hybridized carbons (Fsp3) is 0.333. The molecule has 0 aliphatic carbocycles. The molecule has 1 aromatic heterocycles. The molecule has 0 saturated heterocycles. The van der Waals surface area contributed by atoms with Crippen LogP contribution in [0.15, 0.2) is 48.8 Å². The Balaban J connectivity index is 1.95. The van der Waals surface area contributed by atoms with Crippen molar-refractivity contribution in [3.63, 3.8) is 0 Å². The molecule has 1 aromatic carbocycles.